The van der Waals surface area contributed by atoms with Crippen molar-refractivity contribution in [1.82, 2.24) is 4.57 Å². The summed E-state index contributed by atoms with van der Waals surface area (Å²) in [6.45, 7) is 2.77. The zero-order valence-electron chi connectivity index (χ0n) is 16.8. The predicted octanol–water partition coefficient (Wildman–Crippen LogP) is 3.60. The molecular weight excluding hydrogens is 483 g/mol. The number of rotatable bonds is 3. The van der Waals surface area contributed by atoms with Gasteiger partial charge in [0, 0.05) is 24.2 Å². The van der Waals surface area contributed by atoms with Gasteiger partial charge in [-0.15, -0.1) is 0 Å². The van der Waals surface area contributed by atoms with E-state index in [0.29, 0.717) is 42.8 Å². The van der Waals surface area contributed by atoms with E-state index >= 15 is 0 Å². The lowest BCUT2D eigenvalue weighted by Gasteiger charge is -2.29. The van der Waals surface area contributed by atoms with Crippen LogP contribution >= 0.6 is 15.9 Å². The average Bonchev–Trinajstić information content (AvgIpc) is 2.81. The lowest BCUT2D eigenvalue weighted by Crippen LogP contribution is -2.36. The number of morpholine rings is 1. The number of fused-ring (bicyclic) bond motifs is 3. The molecule has 9 heteroatoms. The quantitative estimate of drug-likeness (QED) is 0.432. The molecule has 1 fully saturated rings. The first-order valence-corrected chi connectivity index (χ1v) is 10.8. The summed E-state index contributed by atoms with van der Waals surface area (Å²) in [7, 11) is 0. The number of hydrogen-bond donors (Lipinski definition) is 1. The maximum Gasteiger partial charge on any atom is 0.354 e. The van der Waals surface area contributed by atoms with E-state index < -0.39 is 16.9 Å². The number of aromatic hydroxyl groups is 1. The Labute approximate surface area is 189 Å². The van der Waals surface area contributed by atoms with E-state index in [4.69, 9.17) is 9.15 Å². The van der Waals surface area contributed by atoms with Gasteiger partial charge in [-0.3, -0.25) is 4.79 Å². The fraction of sp³-hybridized carbons (Fsp3) is 0.217. The van der Waals surface area contributed by atoms with Gasteiger partial charge in [-0.1, -0.05) is 12.1 Å². The van der Waals surface area contributed by atoms with E-state index in [-0.39, 0.29) is 27.8 Å². The van der Waals surface area contributed by atoms with Crippen molar-refractivity contribution >= 4 is 43.5 Å². The van der Waals surface area contributed by atoms with Gasteiger partial charge in [0.2, 0.25) is 0 Å². The highest BCUT2D eigenvalue weighted by Crippen LogP contribution is 2.33. The number of anilines is 1. The molecule has 32 heavy (non-hydrogen) atoms. The molecule has 3 heterocycles. The van der Waals surface area contributed by atoms with Crippen molar-refractivity contribution in [2.45, 2.75) is 6.54 Å². The lowest BCUT2D eigenvalue weighted by atomic mass is 10.1. The van der Waals surface area contributed by atoms with Crippen molar-refractivity contribution in [3.8, 4) is 5.75 Å². The number of nitrogens with zero attached hydrogens (tertiary/aromatic N) is 2. The molecule has 0 amide bonds. The molecule has 1 aliphatic heterocycles. The second kappa shape index (κ2) is 8.07. The Hall–Kier alpha value is -3.17. The first-order valence-electron chi connectivity index (χ1n) is 10.0. The van der Waals surface area contributed by atoms with Gasteiger partial charge < -0.3 is 23.7 Å². The fourth-order valence-corrected chi connectivity index (χ4v) is 4.30. The van der Waals surface area contributed by atoms with Crippen LogP contribution in [-0.4, -0.2) is 36.0 Å². The van der Waals surface area contributed by atoms with Gasteiger partial charge in [0.25, 0.3) is 5.56 Å². The van der Waals surface area contributed by atoms with Gasteiger partial charge in [0.1, 0.15) is 15.7 Å². The van der Waals surface area contributed by atoms with Crippen molar-refractivity contribution in [3.63, 3.8) is 0 Å². The van der Waals surface area contributed by atoms with E-state index in [2.05, 4.69) is 20.8 Å². The molecule has 0 bridgehead atoms. The van der Waals surface area contributed by atoms with Gasteiger partial charge in [0.05, 0.1) is 25.3 Å². The van der Waals surface area contributed by atoms with Crippen molar-refractivity contribution in [3.05, 3.63) is 79.1 Å². The molecule has 1 saturated heterocycles. The Balaban J connectivity index is 1.81. The van der Waals surface area contributed by atoms with Crippen LogP contribution in [0.3, 0.4) is 0 Å². The predicted molar refractivity (Wildman–Crippen MR) is 122 cm³/mol. The molecule has 0 radical (unpaired) electrons. The van der Waals surface area contributed by atoms with Crippen LogP contribution in [0.2, 0.25) is 0 Å². The van der Waals surface area contributed by atoms with Crippen LogP contribution < -0.4 is 16.1 Å². The molecule has 5 rings (SSSR count). The number of halogens is 2. The van der Waals surface area contributed by atoms with Crippen molar-refractivity contribution in [2.24, 2.45) is 0 Å². The maximum absolute atomic E-state index is 13.4. The Kier molecular flexibility index (Phi) is 5.22. The highest BCUT2D eigenvalue weighted by molar-refractivity contribution is 9.10. The van der Waals surface area contributed by atoms with E-state index in [9.17, 15) is 19.1 Å². The Bertz CT molecular complexity index is 1460. The van der Waals surface area contributed by atoms with E-state index in [1.807, 2.05) is 12.1 Å². The highest BCUT2D eigenvalue weighted by atomic mass is 79.9. The molecular formula is C23H18BrFN2O5. The van der Waals surface area contributed by atoms with Gasteiger partial charge in [0.15, 0.2) is 11.3 Å². The first-order chi connectivity index (χ1) is 15.4. The Morgan fingerprint density at radius 2 is 1.78 bits per heavy atom. The summed E-state index contributed by atoms with van der Waals surface area (Å²) in [5.74, 6) is -0.837. The third-order valence-electron chi connectivity index (χ3n) is 5.65. The number of aromatic nitrogens is 1. The molecule has 1 aliphatic rings. The molecule has 1 N–H and O–H groups in total. The summed E-state index contributed by atoms with van der Waals surface area (Å²) in [6, 6.07) is 11.4. The monoisotopic (exact) mass is 500 g/mol. The molecule has 0 atom stereocenters. The second-order valence-electron chi connectivity index (χ2n) is 7.57. The molecule has 164 valence electrons. The lowest BCUT2D eigenvalue weighted by molar-refractivity contribution is 0.122. The molecule has 0 unspecified atom stereocenters. The van der Waals surface area contributed by atoms with Crippen LogP contribution in [0, 0.1) is 5.82 Å². The molecule has 7 nitrogen and oxygen atoms in total. The standard InChI is InChI=1S/C23H18BrFN2O5/c24-19-20(28)18-21(32-23(19)30)16-11-15(26-7-9-31-10-8-26)5-6-17(16)27(22(18)29)12-13-1-3-14(25)4-2-13/h1-6,11,28H,7-10,12H2. The zero-order valence-corrected chi connectivity index (χ0v) is 18.4. The molecule has 0 aliphatic carbocycles. The molecule has 2 aromatic heterocycles. The van der Waals surface area contributed by atoms with Crippen LogP contribution in [0.25, 0.3) is 21.9 Å². The van der Waals surface area contributed by atoms with Crippen LogP contribution in [-0.2, 0) is 11.3 Å². The topological polar surface area (TPSA) is 84.9 Å². The molecule has 0 spiro atoms. The SMILES string of the molecule is O=c1oc2c(c(O)c1Br)c(=O)n(Cc1ccc(F)cc1)c1ccc(N3CCOCC3)cc21. The highest BCUT2D eigenvalue weighted by Gasteiger charge is 2.22. The van der Waals surface area contributed by atoms with Gasteiger partial charge >= 0.3 is 5.63 Å². The van der Waals surface area contributed by atoms with E-state index in [1.165, 1.54) is 16.7 Å². The van der Waals surface area contributed by atoms with Gasteiger partial charge in [-0.2, -0.15) is 0 Å². The van der Waals surface area contributed by atoms with Crippen molar-refractivity contribution in [2.75, 3.05) is 31.2 Å². The minimum absolute atomic E-state index is 0.0289. The first kappa shape index (κ1) is 20.7. The summed E-state index contributed by atoms with van der Waals surface area (Å²) in [5.41, 5.74) is 0.873. The van der Waals surface area contributed by atoms with Crippen molar-refractivity contribution < 1.29 is 18.7 Å². The van der Waals surface area contributed by atoms with Crippen LogP contribution in [0.1, 0.15) is 5.56 Å². The third-order valence-corrected chi connectivity index (χ3v) is 6.35. The summed E-state index contributed by atoms with van der Waals surface area (Å²) in [4.78, 5) is 27.8. The number of hydrogen-bond acceptors (Lipinski definition) is 6. The smallest absolute Gasteiger partial charge is 0.354 e. The van der Waals surface area contributed by atoms with E-state index in [1.54, 1.807) is 18.2 Å². The number of ether oxygens (including phenoxy) is 1. The summed E-state index contributed by atoms with van der Waals surface area (Å²) < 4.78 is 25.5. The summed E-state index contributed by atoms with van der Waals surface area (Å²) in [5, 5.41) is 11.1. The largest absolute Gasteiger partial charge is 0.506 e. The molecule has 2 aromatic carbocycles. The van der Waals surface area contributed by atoms with Crippen molar-refractivity contribution in [1.29, 1.82) is 0 Å². The maximum atomic E-state index is 13.4. The Morgan fingerprint density at radius 3 is 2.50 bits per heavy atom. The minimum Gasteiger partial charge on any atom is -0.506 e. The minimum atomic E-state index is -0.774. The summed E-state index contributed by atoms with van der Waals surface area (Å²) in [6.07, 6.45) is 0. The number of benzene rings is 2. The van der Waals surface area contributed by atoms with Crippen LogP contribution in [0.5, 0.6) is 5.75 Å². The normalized spacial score (nSPS) is 14.4. The average molecular weight is 501 g/mol. The third kappa shape index (κ3) is 3.47. The molecule has 4 aromatic rings. The second-order valence-corrected chi connectivity index (χ2v) is 8.37. The van der Waals surface area contributed by atoms with Gasteiger partial charge in [-0.25, -0.2) is 9.18 Å². The van der Waals surface area contributed by atoms with Crippen LogP contribution in [0.15, 0.2) is 60.9 Å². The molecule has 0 saturated carbocycles. The van der Waals surface area contributed by atoms with Crippen LogP contribution in [0.4, 0.5) is 10.1 Å². The van der Waals surface area contributed by atoms with E-state index in [0.717, 1.165) is 5.69 Å². The fourth-order valence-electron chi connectivity index (χ4n) is 4.02. The zero-order chi connectivity index (χ0) is 22.4. The van der Waals surface area contributed by atoms with Gasteiger partial charge in [-0.05, 0) is 51.8 Å². The number of pyridine rings is 1. The summed E-state index contributed by atoms with van der Waals surface area (Å²) >= 11 is 3.01. The Morgan fingerprint density at radius 1 is 1.06 bits per heavy atom.